The van der Waals surface area contributed by atoms with Gasteiger partial charge >= 0.3 is 0 Å². The number of carbonyl (C=O) groups excluding carboxylic acids is 2. The number of amides is 2. The summed E-state index contributed by atoms with van der Waals surface area (Å²) in [6.45, 7) is 1.91. The summed E-state index contributed by atoms with van der Waals surface area (Å²) < 4.78 is 11.3. The van der Waals surface area contributed by atoms with Gasteiger partial charge in [0, 0.05) is 26.1 Å². The summed E-state index contributed by atoms with van der Waals surface area (Å²) in [5.74, 6) is 1.14. The smallest absolute Gasteiger partial charge is 0.286 e. The van der Waals surface area contributed by atoms with E-state index in [9.17, 15) is 9.59 Å². The molecule has 8 nitrogen and oxygen atoms in total. The van der Waals surface area contributed by atoms with Crippen molar-refractivity contribution >= 4 is 46.4 Å². The van der Waals surface area contributed by atoms with E-state index in [-0.39, 0.29) is 11.8 Å². The van der Waals surface area contributed by atoms with Gasteiger partial charge < -0.3 is 19.7 Å². The molecule has 4 rings (SSSR count). The third-order valence-corrected chi connectivity index (χ3v) is 6.45. The number of nitrogens with one attached hydrogen (secondary N) is 1. The van der Waals surface area contributed by atoms with Crippen LogP contribution in [0.5, 0.6) is 17.2 Å². The second-order valence-electron chi connectivity index (χ2n) is 7.51. The van der Waals surface area contributed by atoms with Crippen LogP contribution in [0, 0.1) is 11.3 Å². The number of amidine groups is 1. The van der Waals surface area contributed by atoms with Crippen LogP contribution < -0.4 is 14.8 Å². The number of hydrogen-bond acceptors (Lipinski definition) is 7. The van der Waals surface area contributed by atoms with Crippen LogP contribution in [0.4, 0.5) is 0 Å². The van der Waals surface area contributed by atoms with Crippen molar-refractivity contribution in [1.82, 2.24) is 10.2 Å². The number of nitriles is 1. The highest BCUT2D eigenvalue weighted by Gasteiger charge is 2.23. The summed E-state index contributed by atoms with van der Waals surface area (Å²) in [6, 6.07) is 12.0. The van der Waals surface area contributed by atoms with Crippen LogP contribution in [0.2, 0.25) is 5.02 Å². The molecule has 0 aromatic heterocycles. The molecule has 2 aromatic carbocycles. The molecular formula is C24H21ClN4O4S. The Morgan fingerprint density at radius 1 is 1.24 bits per heavy atom. The second kappa shape index (κ2) is 10.6. The average Bonchev–Trinajstić information content (AvgIpc) is 3.40. The molecule has 2 aliphatic heterocycles. The number of ether oxygens (including phenoxy) is 2. The van der Waals surface area contributed by atoms with Crippen LogP contribution in [-0.4, -0.2) is 48.6 Å². The Bertz CT molecular complexity index is 1240. The predicted octanol–water partition coefficient (Wildman–Crippen LogP) is 4.19. The number of thioether (sulfide) groups is 1. The largest absolute Gasteiger partial charge is 0.493 e. The van der Waals surface area contributed by atoms with Crippen LogP contribution in [0.15, 0.2) is 46.3 Å². The van der Waals surface area contributed by atoms with Crippen molar-refractivity contribution in [3.05, 3.63) is 57.5 Å². The molecule has 0 saturated carbocycles. The number of nitrogens with zero attached hydrogens (tertiary/aromatic N) is 3. The molecule has 1 fully saturated rings. The standard InChI is InChI=1S/C24H21ClN4O4S/c1-32-20-12-15(4-7-19(20)33-18-6-5-16(14-26)11-17(18)25)13-21-23(31)28-24(34-21)27-8-10-29-9-2-3-22(29)30/h4-7,11-13H,2-3,8-10H2,1H3,(H,27,28,31). The van der Waals surface area contributed by atoms with E-state index in [1.807, 2.05) is 11.0 Å². The van der Waals surface area contributed by atoms with Crippen LogP contribution in [0.1, 0.15) is 24.0 Å². The first-order chi connectivity index (χ1) is 16.5. The van der Waals surface area contributed by atoms with E-state index in [1.165, 1.54) is 24.9 Å². The van der Waals surface area contributed by atoms with Crippen molar-refractivity contribution in [3.8, 4) is 23.3 Å². The minimum atomic E-state index is -0.326. The lowest BCUT2D eigenvalue weighted by Crippen LogP contribution is -2.34. The van der Waals surface area contributed by atoms with E-state index in [4.69, 9.17) is 26.3 Å². The Morgan fingerprint density at radius 3 is 2.76 bits per heavy atom. The molecule has 174 valence electrons. The Balaban J connectivity index is 1.40. The van der Waals surface area contributed by atoms with Crippen LogP contribution in [0.3, 0.4) is 0 Å². The number of methoxy groups -OCH3 is 1. The third kappa shape index (κ3) is 5.53. The number of aliphatic imine (C=N–C) groups is 1. The minimum absolute atomic E-state index is 0.169. The molecule has 2 heterocycles. The first-order valence-corrected chi connectivity index (χ1v) is 11.8. The number of hydrogen-bond donors (Lipinski definition) is 1. The number of halogens is 1. The van der Waals surface area contributed by atoms with Gasteiger partial charge in [0.1, 0.15) is 5.75 Å². The molecule has 34 heavy (non-hydrogen) atoms. The van der Waals surface area contributed by atoms with E-state index in [1.54, 1.807) is 36.4 Å². The zero-order valence-corrected chi connectivity index (χ0v) is 19.9. The Kier molecular flexibility index (Phi) is 7.40. The fourth-order valence-electron chi connectivity index (χ4n) is 3.50. The average molecular weight is 497 g/mol. The highest BCUT2D eigenvalue weighted by atomic mass is 35.5. The molecule has 0 radical (unpaired) electrons. The maximum atomic E-state index is 12.3. The van der Waals surface area contributed by atoms with Gasteiger partial charge in [0.25, 0.3) is 5.91 Å². The van der Waals surface area contributed by atoms with Gasteiger partial charge in [-0.3, -0.25) is 9.59 Å². The van der Waals surface area contributed by atoms with Gasteiger partial charge in [0.15, 0.2) is 16.7 Å². The zero-order chi connectivity index (χ0) is 24.1. The number of carbonyl (C=O) groups is 2. The Labute approximate surface area is 206 Å². The number of rotatable bonds is 7. The normalized spacial score (nSPS) is 16.6. The molecular weight excluding hydrogens is 476 g/mol. The third-order valence-electron chi connectivity index (χ3n) is 5.22. The summed E-state index contributed by atoms with van der Waals surface area (Å²) in [4.78, 5) is 30.4. The molecule has 2 amide bonds. The topological polar surface area (TPSA) is 104 Å². The van der Waals surface area contributed by atoms with Gasteiger partial charge in [-0.05, 0) is 60.2 Å². The van der Waals surface area contributed by atoms with Gasteiger partial charge in [0.05, 0.1) is 28.7 Å². The molecule has 2 aromatic rings. The number of benzene rings is 2. The van der Waals surface area contributed by atoms with Gasteiger partial charge in [-0.2, -0.15) is 10.3 Å². The zero-order valence-electron chi connectivity index (χ0n) is 18.3. The molecule has 1 N–H and O–H groups in total. The molecule has 10 heteroatoms. The fourth-order valence-corrected chi connectivity index (χ4v) is 4.56. The summed E-state index contributed by atoms with van der Waals surface area (Å²) in [5.41, 5.74) is 1.18. The van der Waals surface area contributed by atoms with E-state index >= 15 is 0 Å². The van der Waals surface area contributed by atoms with Crippen molar-refractivity contribution < 1.29 is 19.1 Å². The van der Waals surface area contributed by atoms with Crippen molar-refractivity contribution in [3.63, 3.8) is 0 Å². The van der Waals surface area contributed by atoms with E-state index in [0.717, 1.165) is 18.5 Å². The van der Waals surface area contributed by atoms with Crippen molar-refractivity contribution in [2.75, 3.05) is 26.7 Å². The minimum Gasteiger partial charge on any atom is -0.493 e. The van der Waals surface area contributed by atoms with Crippen LogP contribution >= 0.6 is 23.4 Å². The van der Waals surface area contributed by atoms with E-state index < -0.39 is 0 Å². The first-order valence-electron chi connectivity index (χ1n) is 10.6. The van der Waals surface area contributed by atoms with Gasteiger partial charge in [-0.25, -0.2) is 0 Å². The summed E-state index contributed by atoms with van der Waals surface area (Å²) in [5, 5.41) is 12.9. The summed E-state index contributed by atoms with van der Waals surface area (Å²) in [7, 11) is 1.52. The van der Waals surface area contributed by atoms with E-state index in [2.05, 4.69) is 10.3 Å². The van der Waals surface area contributed by atoms with E-state index in [0.29, 0.717) is 57.4 Å². The Morgan fingerprint density at radius 2 is 2.06 bits per heavy atom. The predicted molar refractivity (Wildman–Crippen MR) is 131 cm³/mol. The highest BCUT2D eigenvalue weighted by molar-refractivity contribution is 8.18. The molecule has 1 saturated heterocycles. The summed E-state index contributed by atoms with van der Waals surface area (Å²) in [6.07, 6.45) is 3.23. The van der Waals surface area contributed by atoms with Gasteiger partial charge in [-0.1, -0.05) is 17.7 Å². The fraction of sp³-hybridized carbons (Fsp3) is 0.250. The SMILES string of the molecule is COc1cc(C=C2SC(NCCN3CCCC3=O)=NC2=O)ccc1Oc1ccc(C#N)cc1Cl. The molecule has 0 spiro atoms. The van der Waals surface area contributed by atoms with Crippen molar-refractivity contribution in [1.29, 1.82) is 5.26 Å². The van der Waals surface area contributed by atoms with Crippen LogP contribution in [-0.2, 0) is 9.59 Å². The van der Waals surface area contributed by atoms with Crippen LogP contribution in [0.25, 0.3) is 6.08 Å². The van der Waals surface area contributed by atoms with Crippen molar-refractivity contribution in [2.45, 2.75) is 12.8 Å². The molecule has 0 atom stereocenters. The highest BCUT2D eigenvalue weighted by Crippen LogP contribution is 2.37. The van der Waals surface area contributed by atoms with Gasteiger partial charge in [0.2, 0.25) is 5.91 Å². The molecule has 2 aliphatic rings. The quantitative estimate of drug-likeness (QED) is 0.573. The lowest BCUT2D eigenvalue weighted by atomic mass is 10.2. The van der Waals surface area contributed by atoms with Crippen molar-refractivity contribution in [2.24, 2.45) is 4.99 Å². The first kappa shape index (κ1) is 23.7. The Hall–Kier alpha value is -3.48. The monoisotopic (exact) mass is 496 g/mol. The lowest BCUT2D eigenvalue weighted by molar-refractivity contribution is -0.127. The number of likely N-dealkylation sites (tertiary alicyclic amines) is 1. The maximum Gasteiger partial charge on any atom is 0.286 e. The molecule has 0 aliphatic carbocycles. The van der Waals surface area contributed by atoms with Gasteiger partial charge in [-0.15, -0.1) is 0 Å². The second-order valence-corrected chi connectivity index (χ2v) is 8.95. The molecule has 0 unspecified atom stereocenters. The molecule has 0 bridgehead atoms. The lowest BCUT2D eigenvalue weighted by Gasteiger charge is -2.15. The summed E-state index contributed by atoms with van der Waals surface area (Å²) >= 11 is 7.46. The maximum absolute atomic E-state index is 12.3.